The number of amides is 1. The van der Waals surface area contributed by atoms with Gasteiger partial charge in [0.25, 0.3) is 5.91 Å². The number of benzene rings is 2. The highest BCUT2D eigenvalue weighted by molar-refractivity contribution is 9.10. The van der Waals surface area contributed by atoms with Crippen molar-refractivity contribution in [1.29, 1.82) is 0 Å². The maximum Gasteiger partial charge on any atom is 0.335 e. The quantitative estimate of drug-likeness (QED) is 0.636. The van der Waals surface area contributed by atoms with Gasteiger partial charge in [-0.05, 0) is 36.4 Å². The van der Waals surface area contributed by atoms with Gasteiger partial charge >= 0.3 is 5.97 Å². The average Bonchev–Trinajstić information content (AvgIpc) is 2.41. The van der Waals surface area contributed by atoms with Crippen LogP contribution in [0.4, 0.5) is 5.69 Å². The van der Waals surface area contributed by atoms with Crippen LogP contribution in [0.3, 0.4) is 0 Å². The number of anilines is 1. The SMILES string of the molecule is O=C(O)c1cc(Br)cc(NC(=O)c2ccc(O)c(O)c2)c1. The summed E-state index contributed by atoms with van der Waals surface area (Å²) in [6.07, 6.45) is 0. The Morgan fingerprint density at radius 3 is 2.29 bits per heavy atom. The molecule has 2 aromatic rings. The normalized spacial score (nSPS) is 10.1. The Kier molecular flexibility index (Phi) is 4.13. The van der Waals surface area contributed by atoms with Gasteiger partial charge in [-0.15, -0.1) is 0 Å². The lowest BCUT2D eigenvalue weighted by molar-refractivity contribution is 0.0696. The first-order valence-corrected chi connectivity index (χ1v) is 6.53. The highest BCUT2D eigenvalue weighted by Gasteiger charge is 2.11. The van der Waals surface area contributed by atoms with Crippen LogP contribution in [0.1, 0.15) is 20.7 Å². The molecule has 0 unspecified atom stereocenters. The molecule has 108 valence electrons. The Labute approximate surface area is 127 Å². The number of carbonyl (C=O) groups excluding carboxylic acids is 1. The molecule has 0 aliphatic carbocycles. The van der Waals surface area contributed by atoms with Crippen molar-refractivity contribution < 1.29 is 24.9 Å². The van der Waals surface area contributed by atoms with Gasteiger partial charge in [-0.25, -0.2) is 4.79 Å². The molecule has 0 atom stereocenters. The van der Waals surface area contributed by atoms with Gasteiger partial charge in [-0.1, -0.05) is 15.9 Å². The Morgan fingerprint density at radius 1 is 0.952 bits per heavy atom. The fourth-order valence-corrected chi connectivity index (χ4v) is 2.15. The first kappa shape index (κ1) is 14.9. The molecule has 0 heterocycles. The van der Waals surface area contributed by atoms with Crippen molar-refractivity contribution >= 4 is 33.5 Å². The molecule has 21 heavy (non-hydrogen) atoms. The average molecular weight is 352 g/mol. The van der Waals surface area contributed by atoms with Crippen LogP contribution < -0.4 is 5.32 Å². The van der Waals surface area contributed by atoms with Gasteiger partial charge in [0.15, 0.2) is 11.5 Å². The van der Waals surface area contributed by atoms with Gasteiger partial charge in [0, 0.05) is 15.7 Å². The van der Waals surface area contributed by atoms with E-state index in [2.05, 4.69) is 21.2 Å². The molecular formula is C14H10BrNO5. The molecule has 0 aliphatic rings. The molecule has 6 nitrogen and oxygen atoms in total. The van der Waals surface area contributed by atoms with Crippen LogP contribution in [0.25, 0.3) is 0 Å². The van der Waals surface area contributed by atoms with Gasteiger partial charge in [0.05, 0.1) is 5.56 Å². The number of nitrogens with one attached hydrogen (secondary N) is 1. The molecule has 0 saturated heterocycles. The zero-order chi connectivity index (χ0) is 15.6. The van der Waals surface area contributed by atoms with E-state index in [1.54, 1.807) is 6.07 Å². The lowest BCUT2D eigenvalue weighted by Gasteiger charge is -2.08. The molecular weight excluding hydrogens is 342 g/mol. The standard InChI is InChI=1S/C14H10BrNO5/c15-9-3-8(14(20)21)4-10(6-9)16-13(19)7-1-2-11(17)12(18)5-7/h1-6,17-18H,(H,16,19)(H,20,21). The van der Waals surface area contributed by atoms with E-state index in [9.17, 15) is 19.8 Å². The second-order valence-electron chi connectivity index (χ2n) is 4.19. The summed E-state index contributed by atoms with van der Waals surface area (Å²) in [6.45, 7) is 0. The zero-order valence-corrected chi connectivity index (χ0v) is 12.1. The number of hydrogen-bond donors (Lipinski definition) is 4. The number of aromatic carboxylic acids is 1. The highest BCUT2D eigenvalue weighted by Crippen LogP contribution is 2.26. The van der Waals surface area contributed by atoms with Crippen molar-refractivity contribution in [1.82, 2.24) is 0 Å². The van der Waals surface area contributed by atoms with Crippen molar-refractivity contribution in [3.63, 3.8) is 0 Å². The minimum atomic E-state index is -1.12. The fraction of sp³-hybridized carbons (Fsp3) is 0. The molecule has 2 aromatic carbocycles. The Bertz CT molecular complexity index is 729. The van der Waals surface area contributed by atoms with Crippen LogP contribution in [0.5, 0.6) is 11.5 Å². The predicted molar refractivity (Wildman–Crippen MR) is 78.8 cm³/mol. The van der Waals surface area contributed by atoms with E-state index < -0.39 is 17.6 Å². The molecule has 0 fully saturated rings. The lowest BCUT2D eigenvalue weighted by Crippen LogP contribution is -2.12. The fourth-order valence-electron chi connectivity index (χ4n) is 1.65. The third-order valence-electron chi connectivity index (χ3n) is 2.64. The van der Waals surface area contributed by atoms with E-state index in [0.29, 0.717) is 10.2 Å². The van der Waals surface area contributed by atoms with Crippen molar-refractivity contribution in [2.45, 2.75) is 0 Å². The van der Waals surface area contributed by atoms with Crippen LogP contribution in [0.2, 0.25) is 0 Å². The van der Waals surface area contributed by atoms with Crippen LogP contribution in [-0.2, 0) is 0 Å². The third kappa shape index (κ3) is 3.51. The number of halogens is 1. The van der Waals surface area contributed by atoms with Gasteiger partial charge in [-0.2, -0.15) is 0 Å². The minimum Gasteiger partial charge on any atom is -0.504 e. The van der Waals surface area contributed by atoms with Crippen LogP contribution in [-0.4, -0.2) is 27.2 Å². The predicted octanol–water partition coefficient (Wildman–Crippen LogP) is 2.81. The van der Waals surface area contributed by atoms with E-state index >= 15 is 0 Å². The van der Waals surface area contributed by atoms with Gasteiger partial charge in [-0.3, -0.25) is 4.79 Å². The Hall–Kier alpha value is -2.54. The second-order valence-corrected chi connectivity index (χ2v) is 5.11. The summed E-state index contributed by atoms with van der Waals surface area (Å²) < 4.78 is 0.506. The molecule has 0 bridgehead atoms. The number of phenolic OH excluding ortho intramolecular Hbond substituents is 2. The highest BCUT2D eigenvalue weighted by atomic mass is 79.9. The number of phenols is 2. The molecule has 0 saturated carbocycles. The summed E-state index contributed by atoms with van der Waals surface area (Å²) in [7, 11) is 0. The monoisotopic (exact) mass is 351 g/mol. The van der Waals surface area contributed by atoms with E-state index in [0.717, 1.165) is 6.07 Å². The Morgan fingerprint density at radius 2 is 1.67 bits per heavy atom. The molecule has 0 aliphatic heterocycles. The summed E-state index contributed by atoms with van der Waals surface area (Å²) >= 11 is 3.16. The largest absolute Gasteiger partial charge is 0.504 e. The minimum absolute atomic E-state index is 0.0215. The summed E-state index contributed by atoms with van der Waals surface area (Å²) in [4.78, 5) is 23.0. The summed E-state index contributed by atoms with van der Waals surface area (Å²) in [6, 6.07) is 7.90. The molecule has 0 radical (unpaired) electrons. The number of aromatic hydroxyl groups is 2. The first-order chi connectivity index (χ1) is 9.86. The molecule has 7 heteroatoms. The number of hydrogen-bond acceptors (Lipinski definition) is 4. The summed E-state index contributed by atoms with van der Waals surface area (Å²) in [5.41, 5.74) is 0.440. The lowest BCUT2D eigenvalue weighted by atomic mass is 10.1. The topological polar surface area (TPSA) is 107 Å². The molecule has 0 aromatic heterocycles. The van der Waals surface area contributed by atoms with Gasteiger partial charge in [0.2, 0.25) is 0 Å². The van der Waals surface area contributed by atoms with Crippen LogP contribution in [0, 0.1) is 0 Å². The van der Waals surface area contributed by atoms with Crippen LogP contribution in [0.15, 0.2) is 40.9 Å². The number of carbonyl (C=O) groups is 2. The van der Waals surface area contributed by atoms with E-state index in [1.807, 2.05) is 0 Å². The molecule has 1 amide bonds. The zero-order valence-electron chi connectivity index (χ0n) is 10.5. The number of carboxylic acids is 1. The van der Waals surface area contributed by atoms with Gasteiger partial charge < -0.3 is 20.6 Å². The smallest absolute Gasteiger partial charge is 0.335 e. The van der Waals surface area contributed by atoms with Gasteiger partial charge in [0.1, 0.15) is 0 Å². The van der Waals surface area contributed by atoms with Crippen molar-refractivity contribution in [3.8, 4) is 11.5 Å². The number of rotatable bonds is 3. The molecule has 0 spiro atoms. The van der Waals surface area contributed by atoms with Crippen molar-refractivity contribution in [2.75, 3.05) is 5.32 Å². The maximum absolute atomic E-state index is 12.0. The summed E-state index contributed by atoms with van der Waals surface area (Å²) in [5, 5.41) is 30.0. The van der Waals surface area contributed by atoms with Crippen LogP contribution >= 0.6 is 15.9 Å². The molecule has 2 rings (SSSR count). The summed E-state index contributed by atoms with van der Waals surface area (Å²) in [5.74, 6) is -2.40. The van der Waals surface area contributed by atoms with Crippen molar-refractivity contribution in [3.05, 3.63) is 52.0 Å². The third-order valence-corrected chi connectivity index (χ3v) is 3.10. The van der Waals surface area contributed by atoms with E-state index in [4.69, 9.17) is 5.11 Å². The first-order valence-electron chi connectivity index (χ1n) is 5.74. The maximum atomic E-state index is 12.0. The van der Waals surface area contributed by atoms with Crippen molar-refractivity contribution in [2.24, 2.45) is 0 Å². The second kappa shape index (κ2) is 5.84. The molecule has 4 N–H and O–H groups in total. The number of carboxylic acid groups (broad SMARTS) is 1. The Balaban J connectivity index is 2.27. The van der Waals surface area contributed by atoms with E-state index in [1.165, 1.54) is 24.3 Å². The van der Waals surface area contributed by atoms with E-state index in [-0.39, 0.29) is 16.9 Å².